The summed E-state index contributed by atoms with van der Waals surface area (Å²) in [5.41, 5.74) is 5.82. The molecule has 0 aliphatic rings. The van der Waals surface area contributed by atoms with E-state index in [-0.39, 0.29) is 11.4 Å². The molecule has 0 radical (unpaired) electrons. The van der Waals surface area contributed by atoms with Gasteiger partial charge in [-0.25, -0.2) is 0 Å². The van der Waals surface area contributed by atoms with Crippen LogP contribution < -0.4 is 5.73 Å². The Kier molecular flexibility index (Phi) is 1.78. The number of hydrogen-bond donors (Lipinski definition) is 2. The maximum Gasteiger partial charge on any atom is 0.328 e. The van der Waals surface area contributed by atoms with E-state index >= 15 is 0 Å². The van der Waals surface area contributed by atoms with Crippen molar-refractivity contribution in [3.05, 3.63) is 27.6 Å². The molecule has 2 rings (SSSR count). The van der Waals surface area contributed by atoms with Gasteiger partial charge in [0.1, 0.15) is 4.70 Å². The number of nitrogens with zero attached hydrogens (tertiary/aromatic N) is 1. The van der Waals surface area contributed by atoms with E-state index in [9.17, 15) is 15.2 Å². The Morgan fingerprint density at radius 1 is 1.50 bits per heavy atom. The Morgan fingerprint density at radius 2 is 2.21 bits per heavy atom. The van der Waals surface area contributed by atoms with Gasteiger partial charge in [-0.1, -0.05) is 0 Å². The van der Waals surface area contributed by atoms with Gasteiger partial charge in [0.05, 0.1) is 10.6 Å². The highest BCUT2D eigenvalue weighted by molar-refractivity contribution is 7.18. The van der Waals surface area contributed by atoms with E-state index in [1.165, 1.54) is 6.07 Å². The molecule has 1 heterocycles. The van der Waals surface area contributed by atoms with Crippen molar-refractivity contribution in [1.82, 2.24) is 0 Å². The van der Waals surface area contributed by atoms with Gasteiger partial charge in [0.15, 0.2) is 5.75 Å². The Morgan fingerprint density at radius 3 is 2.86 bits per heavy atom. The van der Waals surface area contributed by atoms with Gasteiger partial charge in [-0.3, -0.25) is 10.1 Å². The van der Waals surface area contributed by atoms with Gasteiger partial charge in [-0.15, -0.1) is 11.3 Å². The van der Waals surface area contributed by atoms with Crippen molar-refractivity contribution < 1.29 is 10.0 Å². The number of fused-ring (bicyclic) bond motifs is 1. The topological polar surface area (TPSA) is 89.4 Å². The molecule has 1 aromatic heterocycles. The van der Waals surface area contributed by atoms with Gasteiger partial charge in [0.2, 0.25) is 0 Å². The van der Waals surface area contributed by atoms with Crippen molar-refractivity contribution in [3.8, 4) is 5.75 Å². The van der Waals surface area contributed by atoms with Gasteiger partial charge in [-0.2, -0.15) is 0 Å². The molecule has 5 nitrogen and oxygen atoms in total. The number of hydrogen-bond acceptors (Lipinski definition) is 5. The van der Waals surface area contributed by atoms with Crippen LogP contribution in [0.25, 0.3) is 10.1 Å². The van der Waals surface area contributed by atoms with Crippen LogP contribution in [0.1, 0.15) is 0 Å². The number of nitrogens with two attached hydrogens (primary N) is 1. The first-order valence-electron chi connectivity index (χ1n) is 3.74. The van der Waals surface area contributed by atoms with Crippen LogP contribution in [0.5, 0.6) is 5.75 Å². The molecular weight excluding hydrogens is 204 g/mol. The standard InChI is InChI=1S/C8H6N2O3S/c9-5-3-14-8-4(5)1-2-6(11)7(8)10(12)13/h1-3,11H,9H2. The largest absolute Gasteiger partial charge is 0.502 e. The molecule has 0 spiro atoms. The van der Waals surface area contributed by atoms with E-state index in [0.29, 0.717) is 15.8 Å². The first-order valence-corrected chi connectivity index (χ1v) is 4.62. The van der Waals surface area contributed by atoms with E-state index < -0.39 is 4.92 Å². The van der Waals surface area contributed by atoms with Crippen LogP contribution >= 0.6 is 11.3 Å². The smallest absolute Gasteiger partial charge is 0.328 e. The number of phenolic OH excluding ortho intramolecular Hbond substituents is 1. The Balaban J connectivity index is 2.90. The van der Waals surface area contributed by atoms with Crippen LogP contribution in [0.2, 0.25) is 0 Å². The molecule has 72 valence electrons. The number of aromatic hydroxyl groups is 1. The summed E-state index contributed by atoms with van der Waals surface area (Å²) in [5.74, 6) is -0.329. The molecule has 0 atom stereocenters. The zero-order chi connectivity index (χ0) is 10.3. The summed E-state index contributed by atoms with van der Waals surface area (Å²) in [6, 6.07) is 2.85. The lowest BCUT2D eigenvalue weighted by Crippen LogP contribution is -1.89. The summed E-state index contributed by atoms with van der Waals surface area (Å²) in [5, 5.41) is 22.2. The number of thiophene rings is 1. The van der Waals surface area contributed by atoms with Crippen molar-refractivity contribution in [3.63, 3.8) is 0 Å². The second-order valence-electron chi connectivity index (χ2n) is 2.76. The minimum Gasteiger partial charge on any atom is -0.502 e. The molecule has 3 N–H and O–H groups in total. The highest BCUT2D eigenvalue weighted by Crippen LogP contribution is 2.40. The number of rotatable bonds is 1. The fourth-order valence-corrected chi connectivity index (χ4v) is 2.25. The van der Waals surface area contributed by atoms with Crippen molar-refractivity contribution >= 4 is 32.8 Å². The Labute approximate surface area is 82.5 Å². The first kappa shape index (κ1) is 8.76. The van der Waals surface area contributed by atoms with Crippen LogP contribution in [0.15, 0.2) is 17.5 Å². The van der Waals surface area contributed by atoms with Gasteiger partial charge in [0.25, 0.3) is 0 Å². The third-order valence-electron chi connectivity index (χ3n) is 1.91. The lowest BCUT2D eigenvalue weighted by atomic mass is 10.2. The molecule has 0 aliphatic carbocycles. The van der Waals surface area contributed by atoms with Crippen LogP contribution in [0, 0.1) is 10.1 Å². The van der Waals surface area contributed by atoms with E-state index in [4.69, 9.17) is 5.73 Å². The summed E-state index contributed by atoms with van der Waals surface area (Å²) in [7, 11) is 0. The highest BCUT2D eigenvalue weighted by Gasteiger charge is 2.20. The summed E-state index contributed by atoms with van der Waals surface area (Å²) in [6.07, 6.45) is 0. The average molecular weight is 210 g/mol. The first-order chi connectivity index (χ1) is 6.61. The van der Waals surface area contributed by atoms with E-state index in [0.717, 1.165) is 11.3 Å². The SMILES string of the molecule is Nc1csc2c([N+](=O)[O-])c(O)ccc12. The van der Waals surface area contributed by atoms with Gasteiger partial charge < -0.3 is 10.8 Å². The average Bonchev–Trinajstić information content (AvgIpc) is 2.47. The van der Waals surface area contributed by atoms with Crippen molar-refractivity contribution in [2.45, 2.75) is 0 Å². The minimum absolute atomic E-state index is 0.274. The molecule has 2 aromatic rings. The fraction of sp³-hybridized carbons (Fsp3) is 0. The third-order valence-corrected chi connectivity index (χ3v) is 2.93. The molecule has 6 heteroatoms. The number of nitrogen functional groups attached to an aromatic ring is 1. The normalized spacial score (nSPS) is 10.6. The zero-order valence-electron chi connectivity index (χ0n) is 6.93. The number of nitro groups is 1. The molecule has 0 amide bonds. The maximum absolute atomic E-state index is 10.7. The zero-order valence-corrected chi connectivity index (χ0v) is 7.75. The monoisotopic (exact) mass is 210 g/mol. The number of anilines is 1. The molecular formula is C8H6N2O3S. The van der Waals surface area contributed by atoms with Crippen molar-refractivity contribution in [2.75, 3.05) is 5.73 Å². The molecule has 0 unspecified atom stereocenters. The quantitative estimate of drug-likeness (QED) is 0.557. The minimum atomic E-state index is -0.604. The van der Waals surface area contributed by atoms with Crippen LogP contribution in [-0.4, -0.2) is 10.0 Å². The number of phenols is 1. The van der Waals surface area contributed by atoms with Crippen LogP contribution in [0.3, 0.4) is 0 Å². The Hall–Kier alpha value is -1.82. The molecule has 0 saturated carbocycles. The summed E-state index contributed by atoms with van der Waals surface area (Å²) < 4.78 is 0.410. The molecule has 14 heavy (non-hydrogen) atoms. The summed E-state index contributed by atoms with van der Waals surface area (Å²) in [6.45, 7) is 0. The number of benzene rings is 1. The van der Waals surface area contributed by atoms with E-state index in [1.54, 1.807) is 11.4 Å². The maximum atomic E-state index is 10.7. The van der Waals surface area contributed by atoms with Crippen LogP contribution in [-0.2, 0) is 0 Å². The molecule has 0 fully saturated rings. The highest BCUT2D eigenvalue weighted by atomic mass is 32.1. The second kappa shape index (κ2) is 2.85. The molecule has 0 bridgehead atoms. The summed E-state index contributed by atoms with van der Waals surface area (Å²) in [4.78, 5) is 10.1. The van der Waals surface area contributed by atoms with Crippen LogP contribution in [0.4, 0.5) is 11.4 Å². The lowest BCUT2D eigenvalue weighted by molar-refractivity contribution is -0.383. The third kappa shape index (κ3) is 1.08. The van der Waals surface area contributed by atoms with Gasteiger partial charge in [0, 0.05) is 10.8 Å². The van der Waals surface area contributed by atoms with E-state index in [1.807, 2.05) is 0 Å². The van der Waals surface area contributed by atoms with Crippen molar-refractivity contribution in [1.29, 1.82) is 0 Å². The number of nitro benzene ring substituents is 1. The summed E-state index contributed by atoms with van der Waals surface area (Å²) >= 11 is 1.16. The molecule has 0 aliphatic heterocycles. The molecule has 1 aromatic carbocycles. The second-order valence-corrected chi connectivity index (χ2v) is 3.64. The predicted molar refractivity (Wildman–Crippen MR) is 54.6 cm³/mol. The van der Waals surface area contributed by atoms with Crippen molar-refractivity contribution in [2.24, 2.45) is 0 Å². The van der Waals surface area contributed by atoms with Gasteiger partial charge in [-0.05, 0) is 12.1 Å². The predicted octanol–water partition coefficient (Wildman–Crippen LogP) is 2.10. The fourth-order valence-electron chi connectivity index (χ4n) is 1.27. The Bertz CT molecular complexity index is 521. The lowest BCUT2D eigenvalue weighted by Gasteiger charge is -1.96. The molecule has 0 saturated heterocycles. The van der Waals surface area contributed by atoms with Gasteiger partial charge >= 0.3 is 5.69 Å². The van der Waals surface area contributed by atoms with E-state index in [2.05, 4.69) is 0 Å².